The van der Waals surface area contributed by atoms with Crippen molar-refractivity contribution in [1.29, 1.82) is 0 Å². The first-order chi connectivity index (χ1) is 20.5. The summed E-state index contributed by atoms with van der Waals surface area (Å²) in [6.45, 7) is 1.42. The highest BCUT2D eigenvalue weighted by atomic mass is 35.5. The van der Waals surface area contributed by atoms with Crippen molar-refractivity contribution in [2.24, 2.45) is 0 Å². The quantitative estimate of drug-likeness (QED) is 0.262. The topological polar surface area (TPSA) is 132 Å². The van der Waals surface area contributed by atoms with Crippen molar-refractivity contribution in [2.75, 3.05) is 59.9 Å². The number of nitrogens with zero attached hydrogens (tertiary/aromatic N) is 4. The molecule has 0 bridgehead atoms. The van der Waals surface area contributed by atoms with Gasteiger partial charge < -0.3 is 14.5 Å². The van der Waals surface area contributed by atoms with E-state index in [4.69, 9.17) is 16.3 Å². The Hall–Kier alpha value is -3.46. The summed E-state index contributed by atoms with van der Waals surface area (Å²) in [6, 6.07) is 6.85. The molecule has 2 atom stereocenters. The fraction of sp³-hybridized carbons (Fsp3) is 0.346. The molecule has 0 aromatic heterocycles. The highest BCUT2D eigenvalue weighted by Crippen LogP contribution is 2.30. The van der Waals surface area contributed by atoms with Gasteiger partial charge in [0.05, 0.1) is 11.4 Å². The van der Waals surface area contributed by atoms with E-state index >= 15 is 0 Å². The standard InChI is InChI=1S/C24H29ClF2N6O6S2.C2H2/c1-30-7-10-32(11-8-30)24(36)29-41(38)31(2)9-12-33(15-22(35)28-16-34)40(37)19-13-20(26)23(21(27)14-19)39-18-5-3-17(25)4-6-18;1-2/h3-6,13-14,16H,7-12,15H2,1-2H3,(H,29,36)(H,28,34,35);1-2H. The van der Waals surface area contributed by atoms with E-state index in [-0.39, 0.29) is 30.1 Å². The monoisotopic (exact) mass is 660 g/mol. The normalized spacial score (nSPS) is 14.8. The second-order valence-electron chi connectivity index (χ2n) is 8.87. The molecule has 2 aromatic rings. The minimum absolute atomic E-state index is 0.0849. The molecule has 2 unspecified atom stereocenters. The molecule has 1 fully saturated rings. The number of benzene rings is 2. The van der Waals surface area contributed by atoms with Gasteiger partial charge in [-0.1, -0.05) is 11.6 Å². The van der Waals surface area contributed by atoms with Gasteiger partial charge >= 0.3 is 6.03 Å². The van der Waals surface area contributed by atoms with E-state index in [1.807, 2.05) is 12.4 Å². The van der Waals surface area contributed by atoms with Crippen LogP contribution in [-0.4, -0.2) is 105 Å². The van der Waals surface area contributed by atoms with Crippen LogP contribution in [0.25, 0.3) is 0 Å². The van der Waals surface area contributed by atoms with E-state index in [2.05, 4.69) is 22.5 Å². The molecule has 2 aromatic carbocycles. The molecule has 0 saturated carbocycles. The number of carbonyl (C=O) groups excluding carboxylic acids is 3. The molecular formula is C26H31ClF2N6O6S2. The van der Waals surface area contributed by atoms with Crippen LogP contribution in [0.2, 0.25) is 5.02 Å². The van der Waals surface area contributed by atoms with Crippen molar-refractivity contribution in [3.05, 3.63) is 53.1 Å². The van der Waals surface area contributed by atoms with Crippen LogP contribution in [0.15, 0.2) is 41.3 Å². The van der Waals surface area contributed by atoms with Crippen LogP contribution in [0.4, 0.5) is 13.6 Å². The molecule has 4 amide bonds. The largest absolute Gasteiger partial charge is 0.451 e. The Morgan fingerprint density at radius 3 is 2.21 bits per heavy atom. The number of halogens is 3. The number of nitrogens with one attached hydrogen (secondary N) is 2. The average molecular weight is 661 g/mol. The van der Waals surface area contributed by atoms with E-state index in [1.54, 1.807) is 0 Å². The second-order valence-corrected chi connectivity index (χ2v) is 12.1. The third kappa shape index (κ3) is 11.0. The van der Waals surface area contributed by atoms with Gasteiger partial charge in [-0.3, -0.25) is 14.9 Å². The third-order valence-electron chi connectivity index (χ3n) is 5.89. The number of rotatable bonds is 12. The van der Waals surface area contributed by atoms with Gasteiger partial charge in [0.1, 0.15) is 16.7 Å². The summed E-state index contributed by atoms with van der Waals surface area (Å²) >= 11 is 3.83. The smallest absolute Gasteiger partial charge is 0.330 e. The summed E-state index contributed by atoms with van der Waals surface area (Å²) in [5, 5.41) is 2.31. The average Bonchev–Trinajstić information content (AvgIpc) is 2.98. The summed E-state index contributed by atoms with van der Waals surface area (Å²) in [4.78, 5) is 38.5. The first-order valence-electron chi connectivity index (χ1n) is 12.5. The van der Waals surface area contributed by atoms with Gasteiger partial charge in [-0.25, -0.2) is 35.3 Å². The Kier molecular flexibility index (Phi) is 14.6. The van der Waals surface area contributed by atoms with E-state index in [9.17, 15) is 31.6 Å². The van der Waals surface area contributed by atoms with Crippen LogP contribution >= 0.6 is 11.6 Å². The summed E-state index contributed by atoms with van der Waals surface area (Å²) in [5.74, 6) is -3.74. The number of likely N-dealkylation sites (N-methyl/N-ethyl adjacent to an activating group) is 2. The minimum atomic E-state index is -2.29. The van der Waals surface area contributed by atoms with E-state index < -0.39 is 58.0 Å². The summed E-state index contributed by atoms with van der Waals surface area (Å²) in [5.41, 5.74) is 0. The number of hydrogen-bond donors (Lipinski definition) is 2. The summed E-state index contributed by atoms with van der Waals surface area (Å²) in [6.07, 6.45) is 8.14. The predicted molar refractivity (Wildman–Crippen MR) is 158 cm³/mol. The molecule has 3 rings (SSSR count). The summed E-state index contributed by atoms with van der Waals surface area (Å²) in [7, 11) is 1.06. The fourth-order valence-electron chi connectivity index (χ4n) is 3.56. The van der Waals surface area contributed by atoms with Gasteiger partial charge in [-0.05, 0) is 43.4 Å². The maximum absolute atomic E-state index is 14.8. The van der Waals surface area contributed by atoms with Gasteiger partial charge in [-0.15, -0.1) is 12.8 Å². The number of ether oxygens (including phenoxy) is 1. The van der Waals surface area contributed by atoms with Gasteiger partial charge in [0.25, 0.3) is 0 Å². The number of carbonyl (C=O) groups is 3. The van der Waals surface area contributed by atoms with Crippen LogP contribution in [0, 0.1) is 24.5 Å². The van der Waals surface area contributed by atoms with Gasteiger partial charge in [0.2, 0.25) is 12.3 Å². The lowest BCUT2D eigenvalue weighted by molar-refractivity contribution is -0.125. The molecule has 1 aliphatic heterocycles. The maximum atomic E-state index is 14.8. The van der Waals surface area contributed by atoms with Gasteiger partial charge in [-0.2, -0.15) is 0 Å². The number of urea groups is 1. The van der Waals surface area contributed by atoms with Crippen molar-refractivity contribution in [2.45, 2.75) is 4.90 Å². The maximum Gasteiger partial charge on any atom is 0.330 e. The fourth-order valence-corrected chi connectivity index (χ4v) is 5.56. The molecule has 0 aliphatic carbocycles. The van der Waals surface area contributed by atoms with Crippen LogP contribution in [-0.2, 0) is 31.7 Å². The van der Waals surface area contributed by atoms with Crippen molar-refractivity contribution < 1.29 is 36.3 Å². The molecule has 12 nitrogen and oxygen atoms in total. The van der Waals surface area contributed by atoms with Crippen LogP contribution < -0.4 is 14.8 Å². The van der Waals surface area contributed by atoms with E-state index in [0.29, 0.717) is 31.2 Å². The number of piperazine rings is 1. The zero-order valence-electron chi connectivity index (χ0n) is 23.3. The molecule has 234 valence electrons. The first-order valence-corrected chi connectivity index (χ1v) is 15.1. The Morgan fingerprint density at radius 2 is 1.65 bits per heavy atom. The van der Waals surface area contributed by atoms with Crippen LogP contribution in [0.3, 0.4) is 0 Å². The van der Waals surface area contributed by atoms with Crippen molar-refractivity contribution >= 4 is 52.1 Å². The molecular weight excluding hydrogens is 630 g/mol. The zero-order chi connectivity index (χ0) is 32.1. The lowest BCUT2D eigenvalue weighted by atomic mass is 10.3. The molecule has 1 heterocycles. The molecule has 43 heavy (non-hydrogen) atoms. The Bertz CT molecular complexity index is 1320. The molecule has 0 radical (unpaired) electrons. The Morgan fingerprint density at radius 1 is 1.07 bits per heavy atom. The predicted octanol–water partition coefficient (Wildman–Crippen LogP) is 1.72. The number of imide groups is 1. The highest BCUT2D eigenvalue weighted by molar-refractivity contribution is 7.82. The highest BCUT2D eigenvalue weighted by Gasteiger charge is 2.25. The van der Waals surface area contributed by atoms with Gasteiger partial charge in [0, 0.05) is 51.3 Å². The number of amides is 4. The lowest BCUT2D eigenvalue weighted by Gasteiger charge is -2.32. The van der Waals surface area contributed by atoms with E-state index in [0.717, 1.165) is 16.4 Å². The SMILES string of the molecule is C#C.CN1CCN(C(=O)NS(=O)N(C)CCN(CC(=O)NC=O)S(=O)c2cc(F)c(Oc3ccc(Cl)cc3)c(F)c2)CC1. The van der Waals surface area contributed by atoms with Crippen LogP contribution in [0.1, 0.15) is 0 Å². The number of hydrogen-bond acceptors (Lipinski definition) is 7. The lowest BCUT2D eigenvalue weighted by Crippen LogP contribution is -2.52. The zero-order valence-corrected chi connectivity index (χ0v) is 25.7. The Labute approximate surface area is 258 Å². The van der Waals surface area contributed by atoms with Crippen molar-refractivity contribution in [1.82, 2.24) is 28.4 Å². The first kappa shape index (κ1) is 35.7. The molecule has 17 heteroatoms. The molecule has 2 N–H and O–H groups in total. The molecule has 0 spiro atoms. The van der Waals surface area contributed by atoms with Gasteiger partial charge in [0.15, 0.2) is 28.6 Å². The number of terminal acetylenes is 1. The Balaban J connectivity index is 0.00000316. The van der Waals surface area contributed by atoms with Crippen molar-refractivity contribution in [3.8, 4) is 24.3 Å². The second kappa shape index (κ2) is 17.6. The third-order valence-corrected chi connectivity index (χ3v) is 8.66. The molecule has 1 aliphatic rings. The van der Waals surface area contributed by atoms with E-state index in [1.165, 1.54) is 40.5 Å². The summed E-state index contributed by atoms with van der Waals surface area (Å²) < 4.78 is 65.5. The van der Waals surface area contributed by atoms with Crippen molar-refractivity contribution in [3.63, 3.8) is 0 Å². The van der Waals surface area contributed by atoms with Crippen LogP contribution in [0.5, 0.6) is 11.5 Å². The molecule has 1 saturated heterocycles. The minimum Gasteiger partial charge on any atom is -0.451 e.